The van der Waals surface area contributed by atoms with E-state index in [2.05, 4.69) is 46.3 Å². The summed E-state index contributed by atoms with van der Waals surface area (Å²) in [6.45, 7) is 0. The molecule has 0 amide bonds. The molecule has 16 heavy (non-hydrogen) atoms. The average molecular weight is 272 g/mol. The summed E-state index contributed by atoms with van der Waals surface area (Å²) >= 11 is 3.61. The Labute approximate surface area is 102 Å². The molecule has 78 valence electrons. The molecule has 0 saturated carbocycles. The highest BCUT2D eigenvalue weighted by molar-refractivity contribution is 9.10. The Morgan fingerprint density at radius 1 is 0.812 bits per heavy atom. The van der Waals surface area contributed by atoms with Gasteiger partial charge in [-0.05, 0) is 39.7 Å². The van der Waals surface area contributed by atoms with E-state index < -0.39 is 0 Å². The van der Waals surface area contributed by atoms with Crippen molar-refractivity contribution < 1.29 is 0 Å². The van der Waals surface area contributed by atoms with Crippen molar-refractivity contribution in [3.05, 3.63) is 53.0 Å². The Balaban J connectivity index is 2.61. The second kappa shape index (κ2) is 3.49. The standard InChI is InChI=1S/C14H10BrN/c15-14-7-9-5-6-10(16)8-13(9)11-3-1-2-4-12(11)14/h1-8H,16H2. The van der Waals surface area contributed by atoms with E-state index in [1.54, 1.807) is 0 Å². The smallest absolute Gasteiger partial charge is 0.0320 e. The normalized spacial score (nSPS) is 11.1. The number of hydrogen-bond donors (Lipinski definition) is 1. The van der Waals surface area contributed by atoms with Crippen LogP contribution in [0.1, 0.15) is 0 Å². The fourth-order valence-corrected chi connectivity index (χ4v) is 2.67. The van der Waals surface area contributed by atoms with Gasteiger partial charge in [-0.1, -0.05) is 46.3 Å². The molecule has 0 saturated heterocycles. The van der Waals surface area contributed by atoms with Gasteiger partial charge in [0.1, 0.15) is 0 Å². The molecule has 0 aliphatic heterocycles. The van der Waals surface area contributed by atoms with Crippen LogP contribution < -0.4 is 5.73 Å². The van der Waals surface area contributed by atoms with Gasteiger partial charge in [0.25, 0.3) is 0 Å². The molecule has 2 heteroatoms. The molecule has 0 unspecified atom stereocenters. The number of halogens is 1. The van der Waals surface area contributed by atoms with E-state index in [1.807, 2.05) is 18.2 Å². The topological polar surface area (TPSA) is 26.0 Å². The van der Waals surface area contributed by atoms with Crippen LogP contribution in [0.4, 0.5) is 5.69 Å². The zero-order chi connectivity index (χ0) is 11.1. The first-order valence-corrected chi connectivity index (χ1v) is 5.91. The van der Waals surface area contributed by atoms with Crippen molar-refractivity contribution in [2.24, 2.45) is 0 Å². The minimum absolute atomic E-state index is 0.806. The monoisotopic (exact) mass is 271 g/mol. The van der Waals surface area contributed by atoms with Crippen molar-refractivity contribution in [3.63, 3.8) is 0 Å². The first kappa shape index (κ1) is 9.67. The number of nitrogen functional groups attached to an aromatic ring is 1. The van der Waals surface area contributed by atoms with Gasteiger partial charge in [-0.3, -0.25) is 0 Å². The van der Waals surface area contributed by atoms with Gasteiger partial charge < -0.3 is 5.73 Å². The summed E-state index contributed by atoms with van der Waals surface area (Å²) in [4.78, 5) is 0. The lowest BCUT2D eigenvalue weighted by molar-refractivity contribution is 1.72. The Kier molecular flexibility index (Phi) is 2.11. The molecule has 0 aliphatic rings. The second-order valence-corrected chi connectivity index (χ2v) is 4.74. The number of hydrogen-bond acceptors (Lipinski definition) is 1. The summed E-state index contributed by atoms with van der Waals surface area (Å²) in [5, 5.41) is 4.87. The van der Waals surface area contributed by atoms with E-state index in [9.17, 15) is 0 Å². The third-order valence-electron chi connectivity index (χ3n) is 2.83. The molecular weight excluding hydrogens is 262 g/mol. The van der Waals surface area contributed by atoms with Gasteiger partial charge in [0.05, 0.1) is 0 Å². The predicted molar refractivity (Wildman–Crippen MR) is 73.6 cm³/mol. The van der Waals surface area contributed by atoms with Crippen LogP contribution in [0.5, 0.6) is 0 Å². The highest BCUT2D eigenvalue weighted by Gasteiger charge is 2.04. The first-order chi connectivity index (χ1) is 7.75. The van der Waals surface area contributed by atoms with Crippen LogP contribution in [0.3, 0.4) is 0 Å². The zero-order valence-electron chi connectivity index (χ0n) is 8.57. The number of benzene rings is 3. The van der Waals surface area contributed by atoms with Crippen molar-refractivity contribution in [3.8, 4) is 0 Å². The summed E-state index contributed by atoms with van der Waals surface area (Å²) in [5.74, 6) is 0. The molecule has 0 aromatic heterocycles. The molecule has 3 aromatic carbocycles. The van der Waals surface area contributed by atoms with Crippen molar-refractivity contribution >= 4 is 43.2 Å². The van der Waals surface area contributed by atoms with Gasteiger partial charge >= 0.3 is 0 Å². The molecule has 0 atom stereocenters. The molecule has 0 aliphatic carbocycles. The van der Waals surface area contributed by atoms with Crippen molar-refractivity contribution in [1.29, 1.82) is 0 Å². The van der Waals surface area contributed by atoms with E-state index in [0.29, 0.717) is 0 Å². The molecule has 0 fully saturated rings. The Morgan fingerprint density at radius 3 is 2.38 bits per heavy atom. The van der Waals surface area contributed by atoms with Crippen LogP contribution >= 0.6 is 15.9 Å². The minimum atomic E-state index is 0.806. The summed E-state index contributed by atoms with van der Waals surface area (Å²) in [6.07, 6.45) is 0. The maximum absolute atomic E-state index is 5.84. The molecule has 3 aromatic rings. The molecule has 0 bridgehead atoms. The van der Waals surface area contributed by atoms with Crippen LogP contribution in [0.2, 0.25) is 0 Å². The number of fused-ring (bicyclic) bond motifs is 3. The van der Waals surface area contributed by atoms with Crippen LogP contribution in [-0.4, -0.2) is 0 Å². The summed E-state index contributed by atoms with van der Waals surface area (Å²) in [5.41, 5.74) is 6.65. The van der Waals surface area contributed by atoms with Crippen molar-refractivity contribution in [2.45, 2.75) is 0 Å². The van der Waals surface area contributed by atoms with Crippen molar-refractivity contribution in [1.82, 2.24) is 0 Å². The maximum Gasteiger partial charge on any atom is 0.0320 e. The number of anilines is 1. The molecule has 3 rings (SSSR count). The molecule has 0 spiro atoms. The highest BCUT2D eigenvalue weighted by atomic mass is 79.9. The molecule has 1 nitrogen and oxygen atoms in total. The third kappa shape index (κ3) is 1.38. The van der Waals surface area contributed by atoms with Gasteiger partial charge in [0, 0.05) is 10.2 Å². The van der Waals surface area contributed by atoms with E-state index in [0.717, 1.165) is 10.2 Å². The van der Waals surface area contributed by atoms with Crippen LogP contribution in [0.25, 0.3) is 21.5 Å². The zero-order valence-corrected chi connectivity index (χ0v) is 10.2. The Bertz CT molecular complexity index is 689. The number of rotatable bonds is 0. The fraction of sp³-hybridized carbons (Fsp3) is 0. The van der Waals surface area contributed by atoms with Gasteiger partial charge in [-0.15, -0.1) is 0 Å². The predicted octanol–water partition coefficient (Wildman–Crippen LogP) is 4.34. The van der Waals surface area contributed by atoms with Gasteiger partial charge in [0.15, 0.2) is 0 Å². The quantitative estimate of drug-likeness (QED) is 0.478. The van der Waals surface area contributed by atoms with E-state index >= 15 is 0 Å². The Hall–Kier alpha value is -1.54. The largest absolute Gasteiger partial charge is 0.399 e. The van der Waals surface area contributed by atoms with Crippen molar-refractivity contribution in [2.75, 3.05) is 5.73 Å². The third-order valence-corrected chi connectivity index (χ3v) is 3.49. The number of nitrogens with two attached hydrogens (primary N) is 1. The van der Waals surface area contributed by atoms with E-state index in [-0.39, 0.29) is 0 Å². The highest BCUT2D eigenvalue weighted by Crippen LogP contribution is 2.32. The average Bonchev–Trinajstić information content (AvgIpc) is 2.31. The lowest BCUT2D eigenvalue weighted by atomic mass is 10.0. The fourth-order valence-electron chi connectivity index (χ4n) is 2.07. The van der Waals surface area contributed by atoms with Crippen LogP contribution in [0.15, 0.2) is 53.0 Å². The maximum atomic E-state index is 5.84. The lowest BCUT2D eigenvalue weighted by Crippen LogP contribution is -1.85. The summed E-state index contributed by atoms with van der Waals surface area (Å²) in [7, 11) is 0. The summed E-state index contributed by atoms with van der Waals surface area (Å²) in [6, 6.07) is 16.5. The summed E-state index contributed by atoms with van der Waals surface area (Å²) < 4.78 is 1.13. The second-order valence-electron chi connectivity index (χ2n) is 3.88. The molecular formula is C14H10BrN. The first-order valence-electron chi connectivity index (χ1n) is 5.12. The van der Waals surface area contributed by atoms with Gasteiger partial charge in [-0.2, -0.15) is 0 Å². The lowest BCUT2D eigenvalue weighted by Gasteiger charge is -2.06. The Morgan fingerprint density at radius 2 is 1.56 bits per heavy atom. The molecule has 2 N–H and O–H groups in total. The van der Waals surface area contributed by atoms with Gasteiger partial charge in [-0.25, -0.2) is 0 Å². The van der Waals surface area contributed by atoms with Gasteiger partial charge in [0.2, 0.25) is 0 Å². The SMILES string of the molecule is Nc1ccc2cc(Br)c3ccccc3c2c1. The minimum Gasteiger partial charge on any atom is -0.399 e. The van der Waals surface area contributed by atoms with E-state index in [4.69, 9.17) is 5.73 Å². The molecule has 0 heterocycles. The van der Waals surface area contributed by atoms with E-state index in [1.165, 1.54) is 21.5 Å². The molecule has 0 radical (unpaired) electrons. The van der Waals surface area contributed by atoms with Crippen LogP contribution in [0, 0.1) is 0 Å². The van der Waals surface area contributed by atoms with Crippen LogP contribution in [-0.2, 0) is 0 Å².